The Labute approximate surface area is 133 Å². The zero-order chi connectivity index (χ0) is 16.0. The quantitative estimate of drug-likeness (QED) is 0.706. The van der Waals surface area contributed by atoms with Crippen LogP contribution in [-0.4, -0.2) is 61.8 Å². The maximum absolute atomic E-state index is 11.9. The molecule has 1 rings (SSSR count). The Bertz CT molecular complexity index is 382. The number of imide groups is 1. The second-order valence-electron chi connectivity index (χ2n) is 5.09. The lowest BCUT2D eigenvalue weighted by molar-refractivity contribution is -0.127. The highest BCUT2D eigenvalue weighted by molar-refractivity contribution is 5.96. The molecule has 1 saturated heterocycles. The first kappa shape index (κ1) is 20.9. The van der Waals surface area contributed by atoms with E-state index in [2.05, 4.69) is 5.32 Å². The van der Waals surface area contributed by atoms with Crippen LogP contribution in [0, 0.1) is 0 Å². The molecule has 130 valence electrons. The molecule has 1 aliphatic rings. The minimum atomic E-state index is -4.50. The molecular weight excluding hydrogens is 325 g/mol. The average molecular weight is 347 g/mol. The van der Waals surface area contributed by atoms with Crippen LogP contribution in [0.2, 0.25) is 0 Å². The number of likely N-dealkylation sites (tertiary alicyclic amines) is 1. The fraction of sp³-hybridized carbons (Fsp3) is 0.833. The Morgan fingerprint density at radius 3 is 2.55 bits per heavy atom. The number of nitrogens with one attached hydrogen (secondary N) is 3. The van der Waals surface area contributed by atoms with Crippen molar-refractivity contribution < 1.29 is 22.8 Å². The lowest BCUT2D eigenvalue weighted by Gasteiger charge is -2.35. The molecule has 0 saturated carbocycles. The minimum Gasteiger partial charge on any atom is -0.329 e. The van der Waals surface area contributed by atoms with Crippen molar-refractivity contribution in [3.05, 3.63) is 0 Å². The number of carbonyl (C=O) groups is 2. The lowest BCUT2D eigenvalue weighted by atomic mass is 10.0. The highest BCUT2D eigenvalue weighted by Gasteiger charge is 2.30. The number of rotatable bonds is 4. The largest absolute Gasteiger partial charge is 0.405 e. The van der Waals surface area contributed by atoms with Crippen LogP contribution in [-0.2, 0) is 4.79 Å². The van der Waals surface area contributed by atoms with E-state index in [4.69, 9.17) is 0 Å². The molecule has 0 aromatic rings. The third-order valence-corrected chi connectivity index (χ3v) is 3.47. The first-order chi connectivity index (χ1) is 9.73. The van der Waals surface area contributed by atoms with Gasteiger partial charge in [-0.2, -0.15) is 13.2 Å². The first-order valence-corrected chi connectivity index (χ1v) is 6.79. The fourth-order valence-corrected chi connectivity index (χ4v) is 2.20. The van der Waals surface area contributed by atoms with Crippen molar-refractivity contribution >= 4 is 24.3 Å². The molecule has 22 heavy (non-hydrogen) atoms. The summed E-state index contributed by atoms with van der Waals surface area (Å²) in [6, 6.07) is -1.43. The van der Waals surface area contributed by atoms with E-state index in [9.17, 15) is 22.8 Å². The van der Waals surface area contributed by atoms with Crippen LogP contribution in [0.1, 0.15) is 19.8 Å². The summed E-state index contributed by atoms with van der Waals surface area (Å²) in [7, 11) is 1.84. The number of halogens is 4. The normalized spacial score (nSPS) is 20.7. The molecule has 1 fully saturated rings. The summed E-state index contributed by atoms with van der Waals surface area (Å²) in [5.74, 6) is -0.605. The highest BCUT2D eigenvalue weighted by atomic mass is 35.5. The van der Waals surface area contributed by atoms with Crippen LogP contribution >= 0.6 is 12.4 Å². The van der Waals surface area contributed by atoms with Crippen molar-refractivity contribution in [1.82, 2.24) is 20.9 Å². The van der Waals surface area contributed by atoms with E-state index >= 15 is 0 Å². The molecule has 0 spiro atoms. The Morgan fingerprint density at radius 2 is 2.00 bits per heavy atom. The van der Waals surface area contributed by atoms with E-state index in [0.717, 1.165) is 19.4 Å². The monoisotopic (exact) mass is 346 g/mol. The zero-order valence-corrected chi connectivity index (χ0v) is 13.3. The van der Waals surface area contributed by atoms with Gasteiger partial charge in [0.25, 0.3) is 0 Å². The fourth-order valence-electron chi connectivity index (χ4n) is 2.20. The highest BCUT2D eigenvalue weighted by Crippen LogP contribution is 2.13. The van der Waals surface area contributed by atoms with Gasteiger partial charge in [-0.1, -0.05) is 0 Å². The summed E-state index contributed by atoms with van der Waals surface area (Å²) in [6.07, 6.45) is -2.57. The molecule has 10 heteroatoms. The molecule has 6 nitrogen and oxygen atoms in total. The summed E-state index contributed by atoms with van der Waals surface area (Å²) in [5.41, 5.74) is 0. The summed E-state index contributed by atoms with van der Waals surface area (Å²) < 4.78 is 35.8. The molecule has 1 heterocycles. The third-order valence-electron chi connectivity index (χ3n) is 3.47. The minimum absolute atomic E-state index is 0. The number of nitrogens with zero attached hydrogens (tertiary/aromatic N) is 1. The lowest BCUT2D eigenvalue weighted by Crippen LogP contribution is -2.55. The van der Waals surface area contributed by atoms with Gasteiger partial charge in [-0.05, 0) is 33.4 Å². The maximum atomic E-state index is 11.9. The van der Waals surface area contributed by atoms with Gasteiger partial charge < -0.3 is 10.6 Å². The van der Waals surface area contributed by atoms with Gasteiger partial charge in [-0.3, -0.25) is 15.0 Å². The Balaban J connectivity index is 0.00000441. The first-order valence-electron chi connectivity index (χ1n) is 6.79. The van der Waals surface area contributed by atoms with E-state index in [1.54, 1.807) is 12.2 Å². The van der Waals surface area contributed by atoms with Gasteiger partial charge >= 0.3 is 12.2 Å². The van der Waals surface area contributed by atoms with Gasteiger partial charge in [0.2, 0.25) is 5.91 Å². The molecular formula is C12H22ClF3N4O2. The number of hydrogen-bond acceptors (Lipinski definition) is 4. The molecule has 0 aromatic carbocycles. The van der Waals surface area contributed by atoms with Gasteiger partial charge in [0, 0.05) is 12.6 Å². The van der Waals surface area contributed by atoms with Crippen LogP contribution < -0.4 is 16.0 Å². The van der Waals surface area contributed by atoms with E-state index in [1.807, 2.05) is 17.3 Å². The maximum Gasteiger partial charge on any atom is 0.405 e. The summed E-state index contributed by atoms with van der Waals surface area (Å²) >= 11 is 0. The number of likely N-dealkylation sites (N-methyl/N-ethyl adjacent to an activating group) is 1. The Hall–Kier alpha value is -1.06. The predicted octanol–water partition coefficient (Wildman–Crippen LogP) is 0.869. The van der Waals surface area contributed by atoms with Gasteiger partial charge in [0.15, 0.2) is 0 Å². The zero-order valence-electron chi connectivity index (χ0n) is 12.5. The van der Waals surface area contributed by atoms with Crippen LogP contribution in [0.5, 0.6) is 0 Å². The average Bonchev–Trinajstić information content (AvgIpc) is 2.43. The number of carbonyl (C=O) groups excluding carboxylic acids is 2. The van der Waals surface area contributed by atoms with E-state index in [0.29, 0.717) is 6.54 Å². The Kier molecular flexibility index (Phi) is 8.72. The van der Waals surface area contributed by atoms with Gasteiger partial charge in [-0.15, -0.1) is 12.4 Å². The van der Waals surface area contributed by atoms with Crippen molar-refractivity contribution in [2.75, 3.05) is 26.7 Å². The van der Waals surface area contributed by atoms with E-state index < -0.39 is 30.7 Å². The predicted molar refractivity (Wildman–Crippen MR) is 78.0 cm³/mol. The summed E-state index contributed by atoms with van der Waals surface area (Å²) in [6.45, 7) is 1.54. The summed E-state index contributed by atoms with van der Waals surface area (Å²) in [4.78, 5) is 25.0. The van der Waals surface area contributed by atoms with Crippen molar-refractivity contribution in [1.29, 1.82) is 0 Å². The number of piperidine rings is 1. The molecule has 1 aliphatic heterocycles. The molecule has 2 atom stereocenters. The van der Waals surface area contributed by atoms with Crippen molar-refractivity contribution in [2.24, 2.45) is 0 Å². The smallest absolute Gasteiger partial charge is 0.329 e. The number of hydrogen-bond donors (Lipinski definition) is 3. The van der Waals surface area contributed by atoms with Crippen LogP contribution in [0.3, 0.4) is 0 Å². The van der Waals surface area contributed by atoms with E-state index in [-0.39, 0.29) is 18.4 Å². The number of urea groups is 1. The topological polar surface area (TPSA) is 73.5 Å². The Morgan fingerprint density at radius 1 is 1.36 bits per heavy atom. The van der Waals surface area contributed by atoms with Gasteiger partial charge in [0.1, 0.15) is 6.54 Å². The van der Waals surface area contributed by atoms with Crippen molar-refractivity contribution in [3.8, 4) is 0 Å². The molecule has 0 aliphatic carbocycles. The van der Waals surface area contributed by atoms with Gasteiger partial charge in [-0.25, -0.2) is 4.79 Å². The van der Waals surface area contributed by atoms with E-state index in [1.165, 1.54) is 0 Å². The van der Waals surface area contributed by atoms with Crippen molar-refractivity contribution in [3.63, 3.8) is 0 Å². The second-order valence-corrected chi connectivity index (χ2v) is 5.09. The molecule has 3 N–H and O–H groups in total. The molecule has 2 unspecified atom stereocenters. The van der Waals surface area contributed by atoms with Crippen LogP contribution in [0.15, 0.2) is 0 Å². The third kappa shape index (κ3) is 7.28. The van der Waals surface area contributed by atoms with Crippen molar-refractivity contribution in [2.45, 2.75) is 38.0 Å². The number of amides is 3. The molecule has 0 aromatic heterocycles. The number of alkyl halides is 3. The van der Waals surface area contributed by atoms with Crippen LogP contribution in [0.25, 0.3) is 0 Å². The van der Waals surface area contributed by atoms with Gasteiger partial charge in [0.05, 0.1) is 6.04 Å². The molecule has 0 radical (unpaired) electrons. The second kappa shape index (κ2) is 9.16. The van der Waals surface area contributed by atoms with Crippen LogP contribution in [0.4, 0.5) is 18.0 Å². The molecule has 0 bridgehead atoms. The molecule has 3 amide bonds. The standard InChI is InChI=1S/C12H21F3N4O2.ClH/c1-8(19-5-3-4-9(6-19)16-2)10(20)18-11(21)17-7-12(13,14)15;/h8-9,16H,3-7H2,1-2H3,(H2,17,18,20,21);1H. The SMILES string of the molecule is CNC1CCCN(C(C)C(=O)NC(=O)NCC(F)(F)F)C1.Cl. The summed E-state index contributed by atoms with van der Waals surface area (Å²) in [5, 5.41) is 6.66.